The molecule has 0 aromatic heterocycles. The number of fused-ring (bicyclic) bond motifs is 1. The van der Waals surface area contributed by atoms with Crippen molar-refractivity contribution in [3.63, 3.8) is 0 Å². The summed E-state index contributed by atoms with van der Waals surface area (Å²) >= 11 is 1.35. The number of hydrazone groups is 1. The summed E-state index contributed by atoms with van der Waals surface area (Å²) in [7, 11) is 0. The van der Waals surface area contributed by atoms with E-state index in [1.165, 1.54) is 16.8 Å². The fourth-order valence-electron chi connectivity index (χ4n) is 2.10. The highest BCUT2D eigenvalue weighted by atomic mass is 32.2. The van der Waals surface area contributed by atoms with Crippen LogP contribution in [0.25, 0.3) is 6.08 Å². The van der Waals surface area contributed by atoms with E-state index in [-0.39, 0.29) is 17.3 Å². The van der Waals surface area contributed by atoms with E-state index in [1.54, 1.807) is 6.08 Å². The van der Waals surface area contributed by atoms with Crippen LogP contribution in [0.2, 0.25) is 0 Å². The first-order chi connectivity index (χ1) is 10.1. The molecule has 0 radical (unpaired) electrons. The molecule has 6 heteroatoms. The number of thioether (sulfide) groups is 1. The van der Waals surface area contributed by atoms with Crippen LogP contribution in [-0.2, 0) is 4.79 Å². The van der Waals surface area contributed by atoms with Crippen molar-refractivity contribution < 1.29 is 4.79 Å². The Labute approximate surface area is 127 Å². The average molecular weight is 298 g/mol. The Bertz CT molecular complexity index is 733. The first kappa shape index (κ1) is 13.8. The van der Waals surface area contributed by atoms with E-state index in [0.29, 0.717) is 5.17 Å². The van der Waals surface area contributed by atoms with Gasteiger partial charge in [-0.15, -0.1) is 0 Å². The van der Waals surface area contributed by atoms with Gasteiger partial charge >= 0.3 is 0 Å². The molecule has 2 aliphatic rings. The molecule has 0 aliphatic carbocycles. The minimum atomic E-state index is -0.382. The molecule has 1 aromatic rings. The van der Waals surface area contributed by atoms with Gasteiger partial charge in [0.05, 0.1) is 5.57 Å². The number of hydrogen-bond acceptors (Lipinski definition) is 4. The quantitative estimate of drug-likeness (QED) is 0.853. The third-order valence-electron chi connectivity index (χ3n) is 3.15. The van der Waals surface area contributed by atoms with Gasteiger partial charge in [-0.25, -0.2) is 0 Å². The fraction of sp³-hybridized carbons (Fsp3) is 0.200. The van der Waals surface area contributed by atoms with Crippen LogP contribution in [0.1, 0.15) is 24.5 Å². The van der Waals surface area contributed by atoms with Gasteiger partial charge in [-0.1, -0.05) is 36.8 Å². The molecule has 3 rings (SSSR count). The van der Waals surface area contributed by atoms with Crippen LogP contribution in [0, 0.1) is 12.3 Å². The van der Waals surface area contributed by atoms with Crippen molar-refractivity contribution in [3.05, 3.63) is 41.0 Å². The third kappa shape index (κ3) is 2.54. The number of aliphatic imine (C=N–C) groups is 1. The van der Waals surface area contributed by atoms with E-state index >= 15 is 0 Å². The van der Waals surface area contributed by atoms with E-state index in [1.807, 2.05) is 38.1 Å². The molecule has 2 heterocycles. The van der Waals surface area contributed by atoms with Gasteiger partial charge < -0.3 is 0 Å². The maximum Gasteiger partial charge on any atom is 0.283 e. The van der Waals surface area contributed by atoms with E-state index in [2.05, 4.69) is 10.1 Å². The van der Waals surface area contributed by atoms with Crippen molar-refractivity contribution in [3.8, 4) is 0 Å². The number of hydrogen-bond donors (Lipinski definition) is 1. The molecule has 0 bridgehead atoms. The van der Waals surface area contributed by atoms with Gasteiger partial charge in [-0.3, -0.25) is 10.2 Å². The highest BCUT2D eigenvalue weighted by Crippen LogP contribution is 2.29. The summed E-state index contributed by atoms with van der Waals surface area (Å²) in [6.45, 7) is 3.97. The highest BCUT2D eigenvalue weighted by Gasteiger charge is 2.34. The average Bonchev–Trinajstić information content (AvgIpc) is 2.87. The number of aryl methyl sites for hydroxylation is 1. The molecular weight excluding hydrogens is 284 g/mol. The summed E-state index contributed by atoms with van der Waals surface area (Å²) in [6.07, 6.45) is 2.46. The third-order valence-corrected chi connectivity index (χ3v) is 4.20. The normalized spacial score (nSPS) is 19.7. The second kappa shape index (κ2) is 5.29. The zero-order chi connectivity index (χ0) is 15.0. The topological polar surface area (TPSA) is 68.9 Å². The Morgan fingerprint density at radius 3 is 2.95 bits per heavy atom. The van der Waals surface area contributed by atoms with Crippen LogP contribution in [0.15, 0.2) is 39.9 Å². The molecule has 1 N–H and O–H groups in total. The molecule has 0 unspecified atom stereocenters. The molecule has 0 saturated heterocycles. The Balaban J connectivity index is 2.00. The molecule has 1 aromatic carbocycles. The number of amidine groups is 2. The van der Waals surface area contributed by atoms with E-state index in [0.717, 1.165) is 22.6 Å². The maximum absolute atomic E-state index is 12.1. The molecule has 21 heavy (non-hydrogen) atoms. The summed E-state index contributed by atoms with van der Waals surface area (Å²) in [5.41, 5.74) is 2.26. The van der Waals surface area contributed by atoms with Crippen LogP contribution in [0.5, 0.6) is 0 Å². The molecule has 5 nitrogen and oxygen atoms in total. The second-order valence-corrected chi connectivity index (χ2v) is 5.82. The zero-order valence-electron chi connectivity index (χ0n) is 11.8. The van der Waals surface area contributed by atoms with Crippen LogP contribution < -0.4 is 0 Å². The number of nitrogens with one attached hydrogen (secondary N) is 1. The Hall–Kier alpha value is -2.21. The molecule has 1 amide bonds. The van der Waals surface area contributed by atoms with Crippen LogP contribution >= 0.6 is 11.8 Å². The lowest BCUT2D eigenvalue weighted by molar-refractivity contribution is -0.114. The minimum absolute atomic E-state index is 0.0856. The summed E-state index contributed by atoms with van der Waals surface area (Å²) in [5.74, 6) is -0.296. The molecule has 106 valence electrons. The number of benzene rings is 1. The number of nitrogens with zero attached hydrogens (tertiary/aromatic N) is 3. The predicted octanol–water partition coefficient (Wildman–Crippen LogP) is 3.02. The first-order valence-corrected chi connectivity index (χ1v) is 7.46. The summed E-state index contributed by atoms with van der Waals surface area (Å²) in [6, 6.07) is 7.78. The van der Waals surface area contributed by atoms with Gasteiger partial charge in [-0.2, -0.15) is 15.1 Å². The van der Waals surface area contributed by atoms with Crippen LogP contribution in [0.4, 0.5) is 0 Å². The largest absolute Gasteiger partial charge is 0.283 e. The standard InChI is InChI=1S/C15H14N4OS/c1-3-12-18-19-13(16)11(14(20)17-15(19)21-12)8-10-6-4-5-9(2)7-10/h4-8,16H,3H2,1-2H3/b11-8-,16-13?. The smallest absolute Gasteiger partial charge is 0.282 e. The van der Waals surface area contributed by atoms with Crippen molar-refractivity contribution in [2.24, 2.45) is 10.1 Å². The number of amides is 1. The fourth-order valence-corrected chi connectivity index (χ4v) is 2.93. The molecular formula is C15H14N4OS. The molecule has 0 fully saturated rings. The van der Waals surface area contributed by atoms with E-state index < -0.39 is 0 Å². The number of rotatable bonds is 2. The lowest BCUT2D eigenvalue weighted by atomic mass is 10.1. The van der Waals surface area contributed by atoms with Crippen molar-refractivity contribution >= 4 is 39.8 Å². The first-order valence-electron chi connectivity index (χ1n) is 6.64. The maximum atomic E-state index is 12.1. The SMILES string of the molecule is CCC1=NN2C(=N)/C(=C/c3cccc(C)c3)C(=O)N=C2S1. The minimum Gasteiger partial charge on any atom is -0.282 e. The second-order valence-electron chi connectivity index (χ2n) is 4.78. The lowest BCUT2D eigenvalue weighted by Gasteiger charge is -2.20. The van der Waals surface area contributed by atoms with Gasteiger partial charge in [0.25, 0.3) is 5.91 Å². The van der Waals surface area contributed by atoms with Crippen LogP contribution in [-0.4, -0.2) is 27.0 Å². The molecule has 0 spiro atoms. The Morgan fingerprint density at radius 2 is 2.24 bits per heavy atom. The van der Waals surface area contributed by atoms with E-state index in [4.69, 9.17) is 5.41 Å². The van der Waals surface area contributed by atoms with Gasteiger partial charge in [0.15, 0.2) is 5.84 Å². The van der Waals surface area contributed by atoms with Gasteiger partial charge in [0.2, 0.25) is 5.17 Å². The van der Waals surface area contributed by atoms with Crippen molar-refractivity contribution in [2.75, 3.05) is 0 Å². The van der Waals surface area contributed by atoms with Crippen LogP contribution in [0.3, 0.4) is 0 Å². The predicted molar refractivity (Wildman–Crippen MR) is 86.5 cm³/mol. The van der Waals surface area contributed by atoms with Gasteiger partial charge in [-0.05, 0) is 36.7 Å². The van der Waals surface area contributed by atoms with E-state index in [9.17, 15) is 4.79 Å². The molecule has 2 aliphatic heterocycles. The Kier molecular flexibility index (Phi) is 3.47. The zero-order valence-corrected chi connectivity index (χ0v) is 12.6. The highest BCUT2D eigenvalue weighted by molar-refractivity contribution is 8.26. The van der Waals surface area contributed by atoms with Gasteiger partial charge in [0, 0.05) is 0 Å². The summed E-state index contributed by atoms with van der Waals surface area (Å²) in [5, 5.41) is 15.3. The van der Waals surface area contributed by atoms with Crippen molar-refractivity contribution in [1.82, 2.24) is 5.01 Å². The molecule has 0 saturated carbocycles. The van der Waals surface area contributed by atoms with Crippen molar-refractivity contribution in [2.45, 2.75) is 20.3 Å². The molecule has 0 atom stereocenters. The summed E-state index contributed by atoms with van der Waals surface area (Å²) < 4.78 is 0. The van der Waals surface area contributed by atoms with Crippen molar-refractivity contribution in [1.29, 1.82) is 5.41 Å². The number of carbonyl (C=O) groups is 1. The summed E-state index contributed by atoms with van der Waals surface area (Å²) in [4.78, 5) is 16.2. The number of carbonyl (C=O) groups excluding carboxylic acids is 1. The lowest BCUT2D eigenvalue weighted by Crippen LogP contribution is -2.35. The van der Waals surface area contributed by atoms with Gasteiger partial charge in [0.1, 0.15) is 5.04 Å². The monoisotopic (exact) mass is 298 g/mol. The Morgan fingerprint density at radius 1 is 1.43 bits per heavy atom.